The standard InChI is InChI=1S/C27H37N3O2.C26H37N3O.C24H35N3/c1-4-17-29(18-5-2)19-9-10-20-30(21-24-13-15-26(28-3)16-14-24)22-27(31)32-23-25-11-7-6-8-12-25;1-5-17-28(18-6-2)19-7-8-20-29(21-23-9-13-25(27-3)14-10-23)22-24-11-15-26(30-4)16-12-24;1-4-16-26(17-5-2)18-8-9-19-27(20-22-10-6-7-11-22)21-23-12-14-24(25-3)15-13-23/h6-8,11-16H,4-5,9-10,17-23H2,1-2H3;9-16H,5-8,17-22H2,1-2,4H3;6-7,10,12-15H,4-5,8-9,11,16-21H2,1-2H3. The number of esters is 1. The molecule has 0 heterocycles. The second-order valence-electron chi connectivity index (χ2n) is 23.6. The summed E-state index contributed by atoms with van der Waals surface area (Å²) in [6.07, 6.45) is 22.2. The Morgan fingerprint density at radius 3 is 1.08 bits per heavy atom. The summed E-state index contributed by atoms with van der Waals surface area (Å²) in [5.74, 6) is 0.692. The maximum Gasteiger partial charge on any atom is 0.320 e. The van der Waals surface area contributed by atoms with Crippen LogP contribution < -0.4 is 4.74 Å². The largest absolute Gasteiger partial charge is 0.497 e. The van der Waals surface area contributed by atoms with Crippen molar-refractivity contribution in [2.45, 2.75) is 158 Å². The van der Waals surface area contributed by atoms with Crippen LogP contribution in [0, 0.1) is 19.7 Å². The minimum Gasteiger partial charge on any atom is -0.497 e. The first-order valence-electron chi connectivity index (χ1n) is 33.5. The molecule has 0 N–H and O–H groups in total. The number of hydrogen-bond acceptors (Lipinski definition) is 9. The molecular formula is C77H109N9O3. The van der Waals surface area contributed by atoms with Gasteiger partial charge in [-0.1, -0.05) is 181 Å². The molecule has 0 unspecified atom stereocenters. The number of benzene rings is 5. The number of ether oxygens (including phenoxy) is 2. The summed E-state index contributed by atoms with van der Waals surface area (Å²) >= 11 is 0. The minimum atomic E-state index is -0.203. The highest BCUT2D eigenvalue weighted by molar-refractivity contribution is 5.71. The van der Waals surface area contributed by atoms with E-state index in [-0.39, 0.29) is 12.5 Å². The number of carbonyl (C=O) groups excluding carboxylic acids is 1. The Kier molecular flexibility index (Phi) is 39.4. The van der Waals surface area contributed by atoms with E-state index in [4.69, 9.17) is 29.2 Å². The van der Waals surface area contributed by atoms with Crippen LogP contribution in [0.15, 0.2) is 151 Å². The molecule has 0 saturated carbocycles. The van der Waals surface area contributed by atoms with E-state index >= 15 is 0 Å². The summed E-state index contributed by atoms with van der Waals surface area (Å²) in [7, 11) is 1.70. The number of unbranched alkanes of at least 4 members (excludes halogenated alkanes) is 3. The molecule has 0 aromatic heterocycles. The van der Waals surface area contributed by atoms with E-state index in [9.17, 15) is 4.79 Å². The Labute approximate surface area is 539 Å². The summed E-state index contributed by atoms with van der Waals surface area (Å²) in [4.78, 5) is 37.9. The van der Waals surface area contributed by atoms with E-state index in [1.54, 1.807) is 7.11 Å². The lowest BCUT2D eigenvalue weighted by molar-refractivity contribution is -0.146. The van der Waals surface area contributed by atoms with Crippen LogP contribution in [-0.2, 0) is 42.3 Å². The van der Waals surface area contributed by atoms with Crippen molar-refractivity contribution in [2.24, 2.45) is 0 Å². The topological polar surface area (TPSA) is 68.1 Å². The zero-order valence-corrected chi connectivity index (χ0v) is 55.7. The van der Waals surface area contributed by atoms with Crippen LogP contribution in [0.1, 0.15) is 153 Å². The fourth-order valence-corrected chi connectivity index (χ4v) is 11.2. The molecule has 0 aliphatic heterocycles. The highest BCUT2D eigenvalue weighted by Crippen LogP contribution is 2.21. The van der Waals surface area contributed by atoms with Gasteiger partial charge >= 0.3 is 5.97 Å². The van der Waals surface area contributed by atoms with Gasteiger partial charge in [0.2, 0.25) is 0 Å². The van der Waals surface area contributed by atoms with Crippen LogP contribution in [-0.4, -0.2) is 134 Å². The van der Waals surface area contributed by atoms with Gasteiger partial charge in [0.15, 0.2) is 17.1 Å². The number of rotatable bonds is 42. The molecule has 0 fully saturated rings. The monoisotopic (exact) mass is 1210 g/mol. The molecule has 480 valence electrons. The highest BCUT2D eigenvalue weighted by atomic mass is 16.5. The summed E-state index contributed by atoms with van der Waals surface area (Å²) in [5.41, 5.74) is 9.52. The molecule has 0 saturated heterocycles. The summed E-state index contributed by atoms with van der Waals surface area (Å²) in [5, 5.41) is 0. The molecule has 0 bridgehead atoms. The third kappa shape index (κ3) is 32.9. The van der Waals surface area contributed by atoms with Gasteiger partial charge in [-0.2, -0.15) is 0 Å². The maximum atomic E-state index is 12.5. The second kappa shape index (κ2) is 47.1. The Bertz CT molecular complexity index is 2800. The zero-order valence-electron chi connectivity index (χ0n) is 55.7. The molecule has 1 aliphatic rings. The molecule has 0 radical (unpaired) electrons. The molecule has 5 aromatic carbocycles. The third-order valence-corrected chi connectivity index (χ3v) is 15.7. The first-order chi connectivity index (χ1) is 43.6. The third-order valence-electron chi connectivity index (χ3n) is 15.7. The molecule has 0 atom stereocenters. The number of hydrogen-bond donors (Lipinski definition) is 0. The Morgan fingerprint density at radius 2 is 0.742 bits per heavy atom. The predicted molar refractivity (Wildman–Crippen MR) is 373 cm³/mol. The molecule has 6 rings (SSSR count). The van der Waals surface area contributed by atoms with Crippen LogP contribution in [0.3, 0.4) is 0 Å². The number of carbonyl (C=O) groups is 1. The number of nitrogens with zero attached hydrogens (tertiary/aromatic N) is 9. The van der Waals surface area contributed by atoms with Gasteiger partial charge < -0.3 is 24.2 Å². The Hall–Kier alpha value is -6.92. The van der Waals surface area contributed by atoms with Gasteiger partial charge in [0.1, 0.15) is 12.4 Å². The molecule has 89 heavy (non-hydrogen) atoms. The first kappa shape index (κ1) is 74.5. The Balaban J connectivity index is 0.000000286. The van der Waals surface area contributed by atoms with E-state index < -0.39 is 0 Å². The minimum absolute atomic E-state index is 0.203. The van der Waals surface area contributed by atoms with Crippen molar-refractivity contribution in [3.8, 4) is 5.75 Å². The molecule has 0 amide bonds. The van der Waals surface area contributed by atoms with Gasteiger partial charge in [0.05, 0.1) is 33.4 Å². The van der Waals surface area contributed by atoms with E-state index in [2.05, 4.69) is 140 Å². The number of allylic oxidation sites excluding steroid dienone is 3. The van der Waals surface area contributed by atoms with Crippen LogP contribution in [0.25, 0.3) is 14.5 Å². The van der Waals surface area contributed by atoms with Gasteiger partial charge in [0, 0.05) is 32.7 Å². The van der Waals surface area contributed by atoms with Gasteiger partial charge in [-0.3, -0.25) is 19.5 Å². The molecule has 12 nitrogen and oxygen atoms in total. The van der Waals surface area contributed by atoms with Crippen molar-refractivity contribution in [1.82, 2.24) is 29.4 Å². The molecule has 0 spiro atoms. The SMILES string of the molecule is [C-]#[N+]c1ccc(CN(CCCCN(CCC)CCC)CC(=O)OCc2ccccc2)cc1.[C-]#[N+]c1ccc(CN(CCCCN(CCC)CCC)CC2=CC=CC2)cc1.[C-]#[N+]c1ccc(CN(CCCCN(CCC)CCC)Cc2ccc(OC)cc2)cc1. The predicted octanol–water partition coefficient (Wildman–Crippen LogP) is 17.7. The van der Waals surface area contributed by atoms with E-state index in [0.717, 1.165) is 107 Å². The summed E-state index contributed by atoms with van der Waals surface area (Å²) in [6.45, 7) is 53.7. The average Bonchev–Trinajstić information content (AvgIpc) is 4.17. The molecular weight excluding hydrogens is 1100 g/mol. The lowest BCUT2D eigenvalue weighted by atomic mass is 10.1. The number of methoxy groups -OCH3 is 1. The first-order valence-corrected chi connectivity index (χ1v) is 33.5. The van der Waals surface area contributed by atoms with Crippen LogP contribution in [0.4, 0.5) is 17.1 Å². The van der Waals surface area contributed by atoms with Crippen molar-refractivity contribution < 1.29 is 14.3 Å². The quantitative estimate of drug-likeness (QED) is 0.0216. The van der Waals surface area contributed by atoms with Crippen molar-refractivity contribution in [2.75, 3.05) is 98.7 Å². The molecule has 12 heteroatoms. The van der Waals surface area contributed by atoms with Gasteiger partial charge in [-0.25, -0.2) is 14.5 Å². The van der Waals surface area contributed by atoms with E-state index in [0.29, 0.717) is 24.5 Å². The Morgan fingerprint density at radius 1 is 0.404 bits per heavy atom. The van der Waals surface area contributed by atoms with Crippen LogP contribution in [0.2, 0.25) is 0 Å². The van der Waals surface area contributed by atoms with Gasteiger partial charge in [0.25, 0.3) is 0 Å². The summed E-state index contributed by atoms with van der Waals surface area (Å²) in [6, 6.07) is 41.8. The second-order valence-corrected chi connectivity index (χ2v) is 23.6. The van der Waals surface area contributed by atoms with Crippen molar-refractivity contribution in [3.63, 3.8) is 0 Å². The zero-order chi connectivity index (χ0) is 63.9. The highest BCUT2D eigenvalue weighted by Gasteiger charge is 2.16. The van der Waals surface area contributed by atoms with Gasteiger partial charge in [-0.15, -0.1) is 0 Å². The smallest absolute Gasteiger partial charge is 0.320 e. The summed E-state index contributed by atoms with van der Waals surface area (Å²) < 4.78 is 10.8. The fourth-order valence-electron chi connectivity index (χ4n) is 11.2. The lowest BCUT2D eigenvalue weighted by Gasteiger charge is -2.25. The van der Waals surface area contributed by atoms with Crippen molar-refractivity contribution in [1.29, 1.82) is 0 Å². The van der Waals surface area contributed by atoms with Gasteiger partial charge in [-0.05, 0) is 202 Å². The normalized spacial score (nSPS) is 11.7. The average molecular weight is 1210 g/mol. The van der Waals surface area contributed by atoms with Crippen LogP contribution >= 0.6 is 0 Å². The van der Waals surface area contributed by atoms with Crippen LogP contribution in [0.5, 0.6) is 5.75 Å². The fraction of sp³-hybridized carbons (Fsp3) is 0.506. The molecule has 5 aromatic rings. The van der Waals surface area contributed by atoms with Crippen molar-refractivity contribution in [3.05, 3.63) is 213 Å². The van der Waals surface area contributed by atoms with Crippen molar-refractivity contribution >= 4 is 23.0 Å². The van der Waals surface area contributed by atoms with E-state index in [1.165, 1.54) is 126 Å². The maximum absolute atomic E-state index is 12.5. The lowest BCUT2D eigenvalue weighted by Crippen LogP contribution is -2.32. The molecule has 1 aliphatic carbocycles. The van der Waals surface area contributed by atoms with E-state index in [1.807, 2.05) is 91.0 Å².